The Morgan fingerprint density at radius 3 is 1.55 bits per heavy atom. The molecule has 0 unspecified atom stereocenters. The Morgan fingerprint density at radius 2 is 1.10 bits per heavy atom. The molecule has 0 radical (unpaired) electrons. The van der Waals surface area contributed by atoms with Crippen LogP contribution in [0.25, 0.3) is 21.8 Å². The Balaban J connectivity index is 1.27. The first-order chi connectivity index (χ1) is 14.3. The number of aromatic nitrogens is 1. The molecule has 2 aliphatic heterocycles. The number of nitrogens with one attached hydrogen (secondary N) is 1. The van der Waals surface area contributed by atoms with E-state index in [0.29, 0.717) is 0 Å². The second-order valence-electron chi connectivity index (χ2n) is 8.33. The molecule has 29 heavy (non-hydrogen) atoms. The minimum atomic E-state index is 0.749. The summed E-state index contributed by atoms with van der Waals surface area (Å²) in [6.07, 6.45) is 5.29. The number of H-pyrrole nitrogens is 1. The van der Waals surface area contributed by atoms with Crippen LogP contribution in [0, 0.1) is 0 Å². The molecule has 1 N–H and O–H groups in total. The van der Waals surface area contributed by atoms with Gasteiger partial charge < -0.3 is 14.5 Å². The molecular weight excluding hydrogens is 362 g/mol. The molecule has 0 amide bonds. The summed E-state index contributed by atoms with van der Waals surface area (Å²) in [6.45, 7) is 8.38. The van der Waals surface area contributed by atoms with Crippen molar-refractivity contribution in [2.75, 3.05) is 52.5 Å². The summed E-state index contributed by atoms with van der Waals surface area (Å²) in [5, 5.41) is 2.40. The van der Waals surface area contributed by atoms with Crippen LogP contribution in [0.2, 0.25) is 0 Å². The monoisotopic (exact) mass is 393 g/mol. The highest BCUT2D eigenvalue weighted by Gasteiger charge is 2.13. The number of rotatable bonds is 8. The lowest BCUT2D eigenvalue weighted by Crippen LogP contribution is -2.25. The van der Waals surface area contributed by atoms with Crippen LogP contribution in [0.15, 0.2) is 36.4 Å². The maximum atomic E-state index is 6.05. The lowest BCUT2D eigenvalue weighted by Gasteiger charge is -2.15. The van der Waals surface area contributed by atoms with Crippen LogP contribution in [-0.2, 0) is 0 Å². The first kappa shape index (κ1) is 18.8. The number of likely N-dealkylation sites (tertiary alicyclic amines) is 2. The molecule has 1 aromatic heterocycles. The first-order valence-electron chi connectivity index (χ1n) is 11.1. The van der Waals surface area contributed by atoms with Crippen LogP contribution >= 0.6 is 0 Å². The van der Waals surface area contributed by atoms with Gasteiger partial charge in [0, 0.05) is 34.9 Å². The van der Waals surface area contributed by atoms with Crippen molar-refractivity contribution in [2.45, 2.75) is 25.7 Å². The van der Waals surface area contributed by atoms with Crippen molar-refractivity contribution in [1.82, 2.24) is 14.8 Å². The Bertz CT molecular complexity index is 879. The number of ether oxygens (including phenoxy) is 2. The molecular formula is C24H31N3O2. The largest absolute Gasteiger partial charge is 0.492 e. The van der Waals surface area contributed by atoms with Gasteiger partial charge >= 0.3 is 0 Å². The molecule has 5 heteroatoms. The van der Waals surface area contributed by atoms with E-state index in [1.54, 1.807) is 0 Å². The highest BCUT2D eigenvalue weighted by atomic mass is 16.5. The highest BCUT2D eigenvalue weighted by molar-refractivity contribution is 6.08. The maximum Gasteiger partial charge on any atom is 0.120 e. The normalized spacial score (nSPS) is 18.2. The van der Waals surface area contributed by atoms with Crippen LogP contribution in [0.1, 0.15) is 25.7 Å². The highest BCUT2D eigenvalue weighted by Crippen LogP contribution is 2.31. The third kappa shape index (κ3) is 4.36. The van der Waals surface area contributed by atoms with Gasteiger partial charge in [0.15, 0.2) is 0 Å². The second kappa shape index (κ2) is 8.64. The summed E-state index contributed by atoms with van der Waals surface area (Å²) in [5.74, 6) is 1.89. The number of benzene rings is 2. The molecule has 2 saturated heterocycles. The van der Waals surface area contributed by atoms with E-state index >= 15 is 0 Å². The molecule has 3 heterocycles. The van der Waals surface area contributed by atoms with Crippen LogP contribution in [0.4, 0.5) is 0 Å². The smallest absolute Gasteiger partial charge is 0.120 e. The summed E-state index contributed by atoms with van der Waals surface area (Å²) < 4.78 is 12.1. The molecule has 0 saturated carbocycles. The van der Waals surface area contributed by atoms with Crippen molar-refractivity contribution >= 4 is 21.8 Å². The lowest BCUT2D eigenvalue weighted by molar-refractivity contribution is 0.238. The summed E-state index contributed by atoms with van der Waals surface area (Å²) in [7, 11) is 0. The van der Waals surface area contributed by atoms with E-state index in [-0.39, 0.29) is 0 Å². The van der Waals surface area contributed by atoms with Gasteiger partial charge in [0.2, 0.25) is 0 Å². The van der Waals surface area contributed by atoms with Gasteiger partial charge in [-0.2, -0.15) is 0 Å². The van der Waals surface area contributed by atoms with E-state index in [9.17, 15) is 0 Å². The van der Waals surface area contributed by atoms with E-state index in [0.717, 1.165) is 48.8 Å². The summed E-state index contributed by atoms with van der Waals surface area (Å²) in [6, 6.07) is 12.7. The summed E-state index contributed by atoms with van der Waals surface area (Å²) in [4.78, 5) is 8.47. The fourth-order valence-corrected chi connectivity index (χ4v) is 4.63. The van der Waals surface area contributed by atoms with Gasteiger partial charge in [-0.3, -0.25) is 9.80 Å². The van der Waals surface area contributed by atoms with E-state index in [4.69, 9.17) is 9.47 Å². The van der Waals surface area contributed by atoms with Gasteiger partial charge in [-0.25, -0.2) is 0 Å². The van der Waals surface area contributed by atoms with Gasteiger partial charge in [0.1, 0.15) is 24.7 Å². The van der Waals surface area contributed by atoms with Crippen molar-refractivity contribution in [3.8, 4) is 11.5 Å². The summed E-state index contributed by atoms with van der Waals surface area (Å²) in [5.41, 5.74) is 2.28. The molecule has 5 nitrogen and oxygen atoms in total. The van der Waals surface area contributed by atoms with Crippen LogP contribution in [-0.4, -0.2) is 67.3 Å². The predicted octanol–water partition coefficient (Wildman–Crippen LogP) is 4.27. The van der Waals surface area contributed by atoms with Gasteiger partial charge in [-0.15, -0.1) is 0 Å². The molecule has 0 bridgehead atoms. The number of fused-ring (bicyclic) bond motifs is 3. The van der Waals surface area contributed by atoms with E-state index < -0.39 is 0 Å². The number of hydrogen-bond donors (Lipinski definition) is 1. The quantitative estimate of drug-likeness (QED) is 0.620. The zero-order chi connectivity index (χ0) is 19.5. The SMILES string of the molecule is c1cc2[nH]c3ccc(OCCN4CCCC4)cc3c2cc1OCCN1CCCC1. The van der Waals surface area contributed by atoms with Gasteiger partial charge in [0.25, 0.3) is 0 Å². The van der Waals surface area contributed by atoms with Crippen molar-refractivity contribution in [1.29, 1.82) is 0 Å². The molecule has 0 spiro atoms. The third-order valence-electron chi connectivity index (χ3n) is 6.29. The minimum Gasteiger partial charge on any atom is -0.492 e. The lowest BCUT2D eigenvalue weighted by atomic mass is 10.1. The molecule has 0 aliphatic carbocycles. The number of aromatic amines is 1. The van der Waals surface area contributed by atoms with Crippen molar-refractivity contribution in [3.63, 3.8) is 0 Å². The zero-order valence-corrected chi connectivity index (χ0v) is 17.2. The van der Waals surface area contributed by atoms with Crippen molar-refractivity contribution < 1.29 is 9.47 Å². The maximum absolute atomic E-state index is 6.05. The molecule has 2 fully saturated rings. The zero-order valence-electron chi connectivity index (χ0n) is 17.2. The second-order valence-corrected chi connectivity index (χ2v) is 8.33. The van der Waals surface area contributed by atoms with E-state index in [1.807, 2.05) is 0 Å². The predicted molar refractivity (Wildman–Crippen MR) is 118 cm³/mol. The number of nitrogens with zero attached hydrogens (tertiary/aromatic N) is 2. The number of hydrogen-bond acceptors (Lipinski definition) is 4. The average Bonchev–Trinajstić information content (AvgIpc) is 3.49. The van der Waals surface area contributed by atoms with Crippen molar-refractivity contribution in [3.05, 3.63) is 36.4 Å². The van der Waals surface area contributed by atoms with Crippen molar-refractivity contribution in [2.24, 2.45) is 0 Å². The first-order valence-corrected chi connectivity index (χ1v) is 11.1. The van der Waals surface area contributed by atoms with E-state index in [2.05, 4.69) is 51.2 Å². The molecule has 2 aromatic carbocycles. The topological polar surface area (TPSA) is 40.7 Å². The van der Waals surface area contributed by atoms with Gasteiger partial charge in [-0.05, 0) is 88.3 Å². The third-order valence-corrected chi connectivity index (χ3v) is 6.29. The molecule has 2 aliphatic rings. The fourth-order valence-electron chi connectivity index (χ4n) is 4.63. The Hall–Kier alpha value is -2.24. The summed E-state index contributed by atoms with van der Waals surface area (Å²) >= 11 is 0. The van der Waals surface area contributed by atoms with E-state index in [1.165, 1.54) is 62.6 Å². The van der Waals surface area contributed by atoms with Crippen LogP contribution < -0.4 is 9.47 Å². The van der Waals surface area contributed by atoms with Gasteiger partial charge in [0.05, 0.1) is 0 Å². The average molecular weight is 394 g/mol. The Kier molecular flexibility index (Phi) is 5.59. The van der Waals surface area contributed by atoms with Crippen LogP contribution in [0.5, 0.6) is 11.5 Å². The Morgan fingerprint density at radius 1 is 0.655 bits per heavy atom. The van der Waals surface area contributed by atoms with Gasteiger partial charge in [-0.1, -0.05) is 0 Å². The molecule has 0 atom stereocenters. The van der Waals surface area contributed by atoms with Crippen LogP contribution in [0.3, 0.4) is 0 Å². The molecule has 154 valence electrons. The minimum absolute atomic E-state index is 0.749. The molecule has 5 rings (SSSR count). The Labute approximate surface area is 172 Å². The fraction of sp³-hybridized carbons (Fsp3) is 0.500. The standard InChI is InChI=1S/C24H31N3O2/c1-2-10-26(9-1)13-15-28-19-5-7-23-21(17-19)22-18-20(6-8-24(22)25-23)29-16-14-27-11-3-4-12-27/h5-8,17-18,25H,1-4,9-16H2. The molecule has 3 aromatic rings.